The smallest absolute Gasteiger partial charge is 0.367 e. The van der Waals surface area contributed by atoms with E-state index in [0.717, 1.165) is 17.9 Å². The second-order valence-corrected chi connectivity index (χ2v) is 6.85. The molecule has 0 aliphatic heterocycles. The van der Waals surface area contributed by atoms with E-state index in [4.69, 9.17) is 0 Å². The molecular weight excluding hydrogens is 367 g/mol. The van der Waals surface area contributed by atoms with Crippen LogP contribution in [0.3, 0.4) is 0 Å². The first-order valence-corrected chi connectivity index (χ1v) is 9.19. The summed E-state index contributed by atoms with van der Waals surface area (Å²) in [6.45, 7) is -0.714. The highest BCUT2D eigenvalue weighted by atomic mass is 19.4. The third-order valence-corrected chi connectivity index (χ3v) is 4.58. The zero-order chi connectivity index (χ0) is 20.0. The molecule has 1 aliphatic carbocycles. The first kappa shape index (κ1) is 20.2. The predicted molar refractivity (Wildman–Crippen MR) is 103 cm³/mol. The van der Waals surface area contributed by atoms with Gasteiger partial charge in [0.25, 0.3) is 0 Å². The van der Waals surface area contributed by atoms with Crippen LogP contribution in [0.1, 0.15) is 29.0 Å². The van der Waals surface area contributed by atoms with Gasteiger partial charge in [0.15, 0.2) is 5.96 Å². The number of benzene rings is 2. The Morgan fingerprint density at radius 3 is 2.39 bits per heavy atom. The number of hydrogen-bond donors (Lipinski definition) is 2. The van der Waals surface area contributed by atoms with Gasteiger partial charge in [-0.25, -0.2) is 0 Å². The van der Waals surface area contributed by atoms with Crippen molar-refractivity contribution in [2.24, 2.45) is 4.99 Å². The van der Waals surface area contributed by atoms with Gasteiger partial charge in [0.1, 0.15) is 6.61 Å². The topological polar surface area (TPSA) is 45.7 Å². The summed E-state index contributed by atoms with van der Waals surface area (Å²) in [6.07, 6.45) is -3.22. The maximum atomic E-state index is 12.1. The molecule has 0 radical (unpaired) electrons. The Hall–Kier alpha value is -2.54. The quantitative estimate of drug-likeness (QED) is 0.554. The van der Waals surface area contributed by atoms with Crippen molar-refractivity contribution in [3.8, 4) is 0 Å². The Labute approximate surface area is 162 Å². The number of halogens is 3. The molecule has 1 saturated carbocycles. The molecule has 0 heterocycles. The van der Waals surface area contributed by atoms with Crippen molar-refractivity contribution in [3.05, 3.63) is 71.3 Å². The van der Waals surface area contributed by atoms with Gasteiger partial charge in [-0.2, -0.15) is 13.2 Å². The van der Waals surface area contributed by atoms with Crippen molar-refractivity contribution in [2.75, 3.05) is 13.7 Å². The molecule has 2 aromatic rings. The van der Waals surface area contributed by atoms with Gasteiger partial charge in [0.05, 0.1) is 6.61 Å². The van der Waals surface area contributed by atoms with Gasteiger partial charge < -0.3 is 15.4 Å². The summed E-state index contributed by atoms with van der Waals surface area (Å²) in [6, 6.07) is 18.1. The lowest BCUT2D eigenvalue weighted by molar-refractivity contribution is -0.176. The van der Waals surface area contributed by atoms with E-state index in [0.29, 0.717) is 24.1 Å². The summed E-state index contributed by atoms with van der Waals surface area (Å²) in [4.78, 5) is 4.26. The van der Waals surface area contributed by atoms with Gasteiger partial charge in [0, 0.05) is 25.6 Å². The molecule has 0 spiro atoms. The number of alkyl halides is 3. The molecule has 7 heteroatoms. The van der Waals surface area contributed by atoms with E-state index in [2.05, 4.69) is 44.6 Å². The van der Waals surface area contributed by atoms with E-state index in [1.807, 2.05) is 18.2 Å². The van der Waals surface area contributed by atoms with Gasteiger partial charge in [0.2, 0.25) is 0 Å². The van der Waals surface area contributed by atoms with Crippen molar-refractivity contribution in [1.82, 2.24) is 10.6 Å². The van der Waals surface area contributed by atoms with Crippen molar-refractivity contribution < 1.29 is 17.9 Å². The molecular formula is C21H24F3N3O. The van der Waals surface area contributed by atoms with Crippen LogP contribution in [0, 0.1) is 0 Å². The van der Waals surface area contributed by atoms with Crippen LogP contribution < -0.4 is 10.6 Å². The highest BCUT2D eigenvalue weighted by Gasteiger charge is 2.38. The maximum Gasteiger partial charge on any atom is 0.411 e. The van der Waals surface area contributed by atoms with Crippen LogP contribution in [0.4, 0.5) is 13.2 Å². The summed E-state index contributed by atoms with van der Waals surface area (Å²) in [5.74, 6) is 1.25. The largest absolute Gasteiger partial charge is 0.411 e. The van der Waals surface area contributed by atoms with Crippen LogP contribution >= 0.6 is 0 Å². The molecule has 2 atom stereocenters. The lowest BCUT2D eigenvalue weighted by Gasteiger charge is -2.12. The van der Waals surface area contributed by atoms with Crippen LogP contribution in [0.2, 0.25) is 0 Å². The van der Waals surface area contributed by atoms with E-state index in [-0.39, 0.29) is 6.61 Å². The molecule has 1 fully saturated rings. The maximum absolute atomic E-state index is 12.1. The third-order valence-electron chi connectivity index (χ3n) is 4.58. The summed E-state index contributed by atoms with van der Waals surface area (Å²) < 4.78 is 41.0. The van der Waals surface area contributed by atoms with E-state index in [9.17, 15) is 13.2 Å². The predicted octanol–water partition coefficient (Wildman–Crippen LogP) is 3.99. The molecule has 2 N–H and O–H groups in total. The minimum absolute atomic E-state index is 0.0566. The minimum atomic E-state index is -4.30. The molecule has 3 rings (SSSR count). The van der Waals surface area contributed by atoms with Gasteiger partial charge >= 0.3 is 6.18 Å². The fraction of sp³-hybridized carbons (Fsp3) is 0.381. The third kappa shape index (κ3) is 6.27. The standard InChI is InChI=1S/C21H24F3N3O/c1-25-20(27-19-11-18(19)17-5-3-2-4-6-17)26-12-15-7-9-16(10-8-15)13-28-14-21(22,23)24/h2-10,18-19H,11-14H2,1H3,(H2,25,26,27). The zero-order valence-corrected chi connectivity index (χ0v) is 15.7. The summed E-state index contributed by atoms with van der Waals surface area (Å²) in [5.41, 5.74) is 3.05. The number of aliphatic imine (C=N–C) groups is 1. The Bertz CT molecular complexity index is 776. The fourth-order valence-corrected chi connectivity index (χ4v) is 3.02. The average molecular weight is 391 g/mol. The number of ether oxygens (including phenoxy) is 1. The van der Waals surface area contributed by atoms with Gasteiger partial charge in [-0.05, 0) is 23.1 Å². The Morgan fingerprint density at radius 1 is 1.07 bits per heavy atom. The molecule has 4 nitrogen and oxygen atoms in total. The lowest BCUT2D eigenvalue weighted by Crippen LogP contribution is -2.38. The molecule has 2 aromatic carbocycles. The summed E-state index contributed by atoms with van der Waals surface area (Å²) in [7, 11) is 1.73. The number of hydrogen-bond acceptors (Lipinski definition) is 2. The number of nitrogens with one attached hydrogen (secondary N) is 2. The Balaban J connectivity index is 1.42. The minimum Gasteiger partial charge on any atom is -0.367 e. The molecule has 0 bridgehead atoms. The van der Waals surface area contributed by atoms with Gasteiger partial charge in [-0.15, -0.1) is 0 Å². The van der Waals surface area contributed by atoms with Crippen LogP contribution in [0.5, 0.6) is 0 Å². The van der Waals surface area contributed by atoms with Crippen molar-refractivity contribution in [3.63, 3.8) is 0 Å². The fourth-order valence-electron chi connectivity index (χ4n) is 3.02. The first-order valence-electron chi connectivity index (χ1n) is 9.19. The van der Waals surface area contributed by atoms with E-state index >= 15 is 0 Å². The van der Waals surface area contributed by atoms with Crippen LogP contribution in [0.25, 0.3) is 0 Å². The van der Waals surface area contributed by atoms with Crippen molar-refractivity contribution in [2.45, 2.75) is 37.7 Å². The van der Waals surface area contributed by atoms with E-state index < -0.39 is 12.8 Å². The van der Waals surface area contributed by atoms with Gasteiger partial charge in [-0.1, -0.05) is 54.6 Å². The summed E-state index contributed by atoms with van der Waals surface area (Å²) >= 11 is 0. The summed E-state index contributed by atoms with van der Waals surface area (Å²) in [5, 5.41) is 6.70. The number of nitrogens with zero attached hydrogens (tertiary/aromatic N) is 1. The number of guanidine groups is 1. The molecule has 0 saturated heterocycles. The van der Waals surface area contributed by atoms with Crippen LogP contribution in [-0.4, -0.2) is 31.8 Å². The monoisotopic (exact) mass is 391 g/mol. The van der Waals surface area contributed by atoms with Gasteiger partial charge in [-0.3, -0.25) is 4.99 Å². The second kappa shape index (κ2) is 9.10. The molecule has 2 unspecified atom stereocenters. The number of rotatable bonds is 7. The van der Waals surface area contributed by atoms with Crippen LogP contribution in [0.15, 0.2) is 59.6 Å². The second-order valence-electron chi connectivity index (χ2n) is 6.85. The average Bonchev–Trinajstić information content (AvgIpc) is 3.45. The van der Waals surface area contributed by atoms with Crippen molar-refractivity contribution in [1.29, 1.82) is 0 Å². The highest BCUT2D eigenvalue weighted by molar-refractivity contribution is 5.80. The zero-order valence-electron chi connectivity index (χ0n) is 15.7. The molecule has 150 valence electrons. The van der Waals surface area contributed by atoms with Crippen LogP contribution in [-0.2, 0) is 17.9 Å². The highest BCUT2D eigenvalue weighted by Crippen LogP contribution is 2.40. The lowest BCUT2D eigenvalue weighted by atomic mass is 10.1. The van der Waals surface area contributed by atoms with Crippen molar-refractivity contribution >= 4 is 5.96 Å². The molecule has 0 aromatic heterocycles. The Morgan fingerprint density at radius 2 is 1.75 bits per heavy atom. The molecule has 28 heavy (non-hydrogen) atoms. The van der Waals surface area contributed by atoms with E-state index in [1.165, 1.54) is 5.56 Å². The molecule has 1 aliphatic rings. The molecule has 0 amide bonds. The normalized spacial score (nSPS) is 19.4. The first-order chi connectivity index (χ1) is 13.4. The Kier molecular flexibility index (Phi) is 6.57. The van der Waals surface area contributed by atoms with E-state index in [1.54, 1.807) is 19.2 Å². The SMILES string of the molecule is CN=C(NCc1ccc(COCC(F)(F)F)cc1)NC1CC1c1ccccc1.